The van der Waals surface area contributed by atoms with Crippen molar-refractivity contribution in [3.63, 3.8) is 0 Å². The minimum absolute atomic E-state index is 0.307. The van der Waals surface area contributed by atoms with E-state index in [0.29, 0.717) is 46.3 Å². The van der Waals surface area contributed by atoms with Gasteiger partial charge in [-0.2, -0.15) is 0 Å². The van der Waals surface area contributed by atoms with Gasteiger partial charge in [0, 0.05) is 33.2 Å². The van der Waals surface area contributed by atoms with Gasteiger partial charge in [0.25, 0.3) is 0 Å². The molecule has 0 heterocycles. The Balaban J connectivity index is 2.02. The van der Waals surface area contributed by atoms with Gasteiger partial charge in [0.2, 0.25) is 0 Å². The molecule has 0 aromatic heterocycles. The highest BCUT2D eigenvalue weighted by Crippen LogP contribution is 2.35. The normalized spacial score (nSPS) is 10.9. The Morgan fingerprint density at radius 1 is 0.821 bits per heavy atom. The second-order valence-electron chi connectivity index (χ2n) is 6.59. The zero-order chi connectivity index (χ0) is 20.4. The van der Waals surface area contributed by atoms with Gasteiger partial charge in [-0.25, -0.2) is 0 Å². The molecule has 0 spiro atoms. The Morgan fingerprint density at radius 2 is 1.57 bits per heavy atom. The molecule has 0 saturated heterocycles. The van der Waals surface area contributed by atoms with E-state index in [9.17, 15) is 0 Å². The fraction of sp³-hybridized carbons (Fsp3) is 0.455. The maximum absolute atomic E-state index is 6.48. The number of hydrogen-bond acceptors (Lipinski definition) is 3. The number of unbranched alkanes of at least 4 members (excludes halogenated alkanes) is 3. The third-order valence-corrected chi connectivity index (χ3v) is 5.27. The third kappa shape index (κ3) is 7.36. The smallest absolute Gasteiger partial charge is 0.163 e. The molecule has 6 heteroatoms. The van der Waals surface area contributed by atoms with Crippen LogP contribution in [-0.4, -0.2) is 13.2 Å². The van der Waals surface area contributed by atoms with Gasteiger partial charge in [-0.1, -0.05) is 67.1 Å². The first-order chi connectivity index (χ1) is 13.5. The summed E-state index contributed by atoms with van der Waals surface area (Å²) in [6.45, 7) is 6.69. The lowest BCUT2D eigenvalue weighted by Crippen LogP contribution is -2.15. The summed E-state index contributed by atoms with van der Waals surface area (Å²) < 4.78 is 11.7. The van der Waals surface area contributed by atoms with Crippen LogP contribution in [-0.2, 0) is 13.2 Å². The van der Waals surface area contributed by atoms with E-state index in [2.05, 4.69) is 12.2 Å². The molecule has 0 amide bonds. The molecule has 28 heavy (non-hydrogen) atoms. The van der Waals surface area contributed by atoms with Gasteiger partial charge >= 0.3 is 0 Å². The van der Waals surface area contributed by atoms with E-state index in [0.717, 1.165) is 17.7 Å². The highest BCUT2D eigenvalue weighted by atomic mass is 35.5. The molecule has 2 aromatic carbocycles. The predicted octanol–water partition coefficient (Wildman–Crippen LogP) is 7.29. The predicted molar refractivity (Wildman–Crippen MR) is 119 cm³/mol. The van der Waals surface area contributed by atoms with Crippen molar-refractivity contribution in [2.24, 2.45) is 0 Å². The van der Waals surface area contributed by atoms with Crippen LogP contribution in [0.15, 0.2) is 30.3 Å². The summed E-state index contributed by atoms with van der Waals surface area (Å²) in [6.07, 6.45) is 4.95. The fourth-order valence-electron chi connectivity index (χ4n) is 2.79. The topological polar surface area (TPSA) is 30.5 Å². The first-order valence-corrected chi connectivity index (χ1v) is 10.9. The summed E-state index contributed by atoms with van der Waals surface area (Å²) in [5.74, 6) is 1.28. The Labute approximate surface area is 183 Å². The first kappa shape index (κ1) is 23.2. The second kappa shape index (κ2) is 12.4. The maximum Gasteiger partial charge on any atom is 0.163 e. The molecule has 0 aliphatic heterocycles. The molecule has 0 aliphatic carbocycles. The summed E-state index contributed by atoms with van der Waals surface area (Å²) in [6, 6.07) is 9.10. The number of hydrogen-bond donors (Lipinski definition) is 1. The Kier molecular flexibility index (Phi) is 10.3. The van der Waals surface area contributed by atoms with Crippen molar-refractivity contribution in [3.8, 4) is 11.5 Å². The van der Waals surface area contributed by atoms with Crippen LogP contribution in [0, 0.1) is 0 Å². The van der Waals surface area contributed by atoms with E-state index in [4.69, 9.17) is 44.3 Å². The molecule has 2 rings (SSSR count). The summed E-state index contributed by atoms with van der Waals surface area (Å²) in [5.41, 5.74) is 1.85. The zero-order valence-corrected chi connectivity index (χ0v) is 18.8. The number of halogens is 3. The molecule has 3 nitrogen and oxygen atoms in total. The van der Waals surface area contributed by atoms with Crippen molar-refractivity contribution in [1.82, 2.24) is 5.32 Å². The minimum Gasteiger partial charge on any atom is -0.490 e. The average molecular weight is 445 g/mol. The Bertz CT molecular complexity index is 753. The van der Waals surface area contributed by atoms with Gasteiger partial charge < -0.3 is 14.8 Å². The van der Waals surface area contributed by atoms with Crippen molar-refractivity contribution in [2.75, 3.05) is 13.2 Å². The van der Waals surface area contributed by atoms with E-state index in [-0.39, 0.29) is 0 Å². The molecule has 0 radical (unpaired) electrons. The van der Waals surface area contributed by atoms with E-state index in [1.165, 1.54) is 25.7 Å². The Hall–Kier alpha value is -1.13. The maximum atomic E-state index is 6.48. The lowest BCUT2D eigenvalue weighted by atomic mass is 10.1. The Morgan fingerprint density at radius 3 is 2.29 bits per heavy atom. The number of nitrogens with one attached hydrogen (secondary N) is 1. The summed E-state index contributed by atoms with van der Waals surface area (Å²) >= 11 is 18.7. The number of ether oxygens (including phenoxy) is 2. The quantitative estimate of drug-likeness (QED) is 0.348. The van der Waals surface area contributed by atoms with Crippen LogP contribution >= 0.6 is 34.8 Å². The molecular formula is C22H28Cl3NO2. The molecule has 0 saturated carbocycles. The van der Waals surface area contributed by atoms with Crippen LogP contribution in [0.2, 0.25) is 15.1 Å². The zero-order valence-electron chi connectivity index (χ0n) is 16.5. The van der Waals surface area contributed by atoms with Crippen LogP contribution in [0.4, 0.5) is 0 Å². The van der Waals surface area contributed by atoms with Gasteiger partial charge in [-0.3, -0.25) is 0 Å². The van der Waals surface area contributed by atoms with Crippen LogP contribution < -0.4 is 14.8 Å². The van der Waals surface area contributed by atoms with Crippen molar-refractivity contribution >= 4 is 34.8 Å². The summed E-state index contributed by atoms with van der Waals surface area (Å²) in [5, 5.41) is 5.27. The monoisotopic (exact) mass is 443 g/mol. The summed E-state index contributed by atoms with van der Waals surface area (Å²) in [4.78, 5) is 0. The van der Waals surface area contributed by atoms with Crippen molar-refractivity contribution in [3.05, 3.63) is 56.5 Å². The highest BCUT2D eigenvalue weighted by molar-refractivity contribution is 6.35. The SMILES string of the molecule is CCCCCCNCc1cc(OCC)c(OCc2ccc(Cl)cc2Cl)cc1Cl. The van der Waals surface area contributed by atoms with Crippen LogP contribution in [0.1, 0.15) is 50.7 Å². The van der Waals surface area contributed by atoms with Crippen LogP contribution in [0.25, 0.3) is 0 Å². The van der Waals surface area contributed by atoms with Gasteiger partial charge in [0.1, 0.15) is 6.61 Å². The molecule has 0 bridgehead atoms. The minimum atomic E-state index is 0.307. The highest BCUT2D eigenvalue weighted by Gasteiger charge is 2.12. The van der Waals surface area contributed by atoms with Crippen molar-refractivity contribution in [2.45, 2.75) is 52.7 Å². The van der Waals surface area contributed by atoms with Gasteiger partial charge in [-0.15, -0.1) is 0 Å². The fourth-order valence-corrected chi connectivity index (χ4v) is 3.47. The lowest BCUT2D eigenvalue weighted by molar-refractivity contribution is 0.269. The van der Waals surface area contributed by atoms with E-state index in [1.807, 2.05) is 25.1 Å². The molecular weight excluding hydrogens is 417 g/mol. The van der Waals surface area contributed by atoms with Crippen LogP contribution in [0.5, 0.6) is 11.5 Å². The summed E-state index contributed by atoms with van der Waals surface area (Å²) in [7, 11) is 0. The molecule has 1 N–H and O–H groups in total. The van der Waals surface area contributed by atoms with Crippen molar-refractivity contribution in [1.29, 1.82) is 0 Å². The first-order valence-electron chi connectivity index (χ1n) is 9.77. The largest absolute Gasteiger partial charge is 0.490 e. The van der Waals surface area contributed by atoms with E-state index < -0.39 is 0 Å². The van der Waals surface area contributed by atoms with E-state index >= 15 is 0 Å². The van der Waals surface area contributed by atoms with Gasteiger partial charge in [-0.05, 0) is 43.7 Å². The van der Waals surface area contributed by atoms with E-state index in [1.54, 1.807) is 12.1 Å². The molecule has 2 aromatic rings. The molecule has 0 atom stereocenters. The van der Waals surface area contributed by atoms with Crippen molar-refractivity contribution < 1.29 is 9.47 Å². The number of benzene rings is 2. The average Bonchev–Trinajstić information content (AvgIpc) is 2.66. The third-order valence-electron chi connectivity index (χ3n) is 4.33. The van der Waals surface area contributed by atoms with Gasteiger partial charge in [0.15, 0.2) is 11.5 Å². The lowest BCUT2D eigenvalue weighted by Gasteiger charge is -2.16. The standard InChI is InChI=1S/C22H28Cl3NO2/c1-3-5-6-7-10-26-14-17-11-21(27-4-2)22(13-20(17)25)28-15-16-8-9-18(23)12-19(16)24/h8-9,11-13,26H,3-7,10,14-15H2,1-2H3. The number of rotatable bonds is 12. The molecule has 0 unspecified atom stereocenters. The molecule has 0 aliphatic rings. The second-order valence-corrected chi connectivity index (χ2v) is 7.84. The molecule has 154 valence electrons. The molecule has 0 fully saturated rings. The van der Waals surface area contributed by atoms with Crippen LogP contribution in [0.3, 0.4) is 0 Å². The van der Waals surface area contributed by atoms with Gasteiger partial charge in [0.05, 0.1) is 6.61 Å².